The highest BCUT2D eigenvalue weighted by atomic mass is 32.2. The van der Waals surface area contributed by atoms with Crippen LogP contribution in [0.25, 0.3) is 0 Å². The molecule has 0 bridgehead atoms. The SMILES string of the molecule is Cc1ccc(OCCNC(=O)[C@@H]2CN(S(=O)(=O)c3ccccc3)c3ccc(C)cc3O2)c(C)c1. The molecule has 1 atom stereocenters. The summed E-state index contributed by atoms with van der Waals surface area (Å²) in [4.78, 5) is 13.1. The summed E-state index contributed by atoms with van der Waals surface area (Å²) in [6.07, 6.45) is -0.992. The van der Waals surface area contributed by atoms with Crippen molar-refractivity contribution in [1.29, 1.82) is 0 Å². The van der Waals surface area contributed by atoms with E-state index in [1.165, 1.54) is 16.4 Å². The molecule has 8 heteroatoms. The molecule has 7 nitrogen and oxygen atoms in total. The zero-order chi connectivity index (χ0) is 24.3. The van der Waals surface area contributed by atoms with Crippen molar-refractivity contribution < 1.29 is 22.7 Å². The smallest absolute Gasteiger partial charge is 0.264 e. The number of hydrogen-bond acceptors (Lipinski definition) is 5. The zero-order valence-corrected chi connectivity index (χ0v) is 20.3. The Morgan fingerprint density at radius 2 is 1.74 bits per heavy atom. The molecule has 1 amide bonds. The van der Waals surface area contributed by atoms with E-state index in [1.54, 1.807) is 30.3 Å². The number of fused-ring (bicyclic) bond motifs is 1. The highest BCUT2D eigenvalue weighted by Crippen LogP contribution is 2.37. The van der Waals surface area contributed by atoms with E-state index in [-0.39, 0.29) is 24.6 Å². The number of nitrogens with one attached hydrogen (secondary N) is 1. The first-order chi connectivity index (χ1) is 16.3. The molecule has 0 aliphatic carbocycles. The molecule has 1 aliphatic rings. The Balaban J connectivity index is 1.47. The minimum Gasteiger partial charge on any atom is -0.491 e. The van der Waals surface area contributed by atoms with E-state index < -0.39 is 22.0 Å². The largest absolute Gasteiger partial charge is 0.491 e. The summed E-state index contributed by atoms with van der Waals surface area (Å²) in [6.45, 7) is 6.28. The van der Waals surface area contributed by atoms with Crippen LogP contribution in [0.3, 0.4) is 0 Å². The summed E-state index contributed by atoms with van der Waals surface area (Å²) in [7, 11) is -3.88. The maximum atomic E-state index is 13.4. The predicted octanol–water partition coefficient (Wildman–Crippen LogP) is 3.76. The Labute approximate surface area is 200 Å². The topological polar surface area (TPSA) is 84.9 Å². The molecule has 0 spiro atoms. The predicted molar refractivity (Wildman–Crippen MR) is 131 cm³/mol. The van der Waals surface area contributed by atoms with Crippen LogP contribution in [-0.4, -0.2) is 40.1 Å². The molecule has 0 aromatic heterocycles. The van der Waals surface area contributed by atoms with Gasteiger partial charge in [0.05, 0.1) is 23.7 Å². The van der Waals surface area contributed by atoms with Crippen molar-refractivity contribution in [3.8, 4) is 11.5 Å². The average Bonchev–Trinajstić information content (AvgIpc) is 2.82. The number of ether oxygens (including phenoxy) is 2. The number of anilines is 1. The van der Waals surface area contributed by atoms with Gasteiger partial charge in [-0.2, -0.15) is 0 Å². The molecule has 0 fully saturated rings. The van der Waals surface area contributed by atoms with E-state index in [0.717, 1.165) is 22.4 Å². The number of amides is 1. The van der Waals surface area contributed by atoms with Crippen molar-refractivity contribution in [2.24, 2.45) is 0 Å². The molecule has 178 valence electrons. The van der Waals surface area contributed by atoms with Crippen molar-refractivity contribution >= 4 is 21.6 Å². The van der Waals surface area contributed by atoms with Gasteiger partial charge in [-0.1, -0.05) is 42.0 Å². The minimum atomic E-state index is -3.88. The molecule has 1 N–H and O–H groups in total. The Morgan fingerprint density at radius 3 is 2.47 bits per heavy atom. The van der Waals surface area contributed by atoms with Crippen molar-refractivity contribution in [1.82, 2.24) is 5.32 Å². The molecule has 1 aliphatic heterocycles. The number of rotatable bonds is 7. The molecule has 3 aromatic carbocycles. The van der Waals surface area contributed by atoms with Gasteiger partial charge >= 0.3 is 0 Å². The van der Waals surface area contributed by atoms with Crippen molar-refractivity contribution in [2.45, 2.75) is 31.8 Å². The van der Waals surface area contributed by atoms with Gasteiger partial charge in [0.25, 0.3) is 15.9 Å². The van der Waals surface area contributed by atoms with Crippen molar-refractivity contribution in [3.63, 3.8) is 0 Å². The molecular formula is C26H28N2O5S. The molecule has 0 saturated carbocycles. The molecule has 1 heterocycles. The van der Waals surface area contributed by atoms with Crippen molar-refractivity contribution in [3.05, 3.63) is 83.4 Å². The molecule has 3 aromatic rings. The van der Waals surface area contributed by atoms with Crippen LogP contribution in [0.2, 0.25) is 0 Å². The Hall–Kier alpha value is -3.52. The number of aryl methyl sites for hydroxylation is 3. The van der Waals surface area contributed by atoms with Crippen LogP contribution in [0.5, 0.6) is 11.5 Å². The van der Waals surface area contributed by atoms with Gasteiger partial charge in [-0.3, -0.25) is 9.10 Å². The standard InChI is InChI=1S/C26H28N2O5S/c1-18-10-12-23(20(3)15-18)32-14-13-27-26(29)25-17-28(22-11-9-19(2)16-24(22)33-25)34(30,31)21-7-5-4-6-8-21/h4-12,15-16,25H,13-14,17H2,1-3H3,(H,27,29)/t25-/m0/s1. The molecule has 0 radical (unpaired) electrons. The Kier molecular flexibility index (Phi) is 6.79. The van der Waals surface area contributed by atoms with Crippen LogP contribution in [0.1, 0.15) is 16.7 Å². The number of hydrogen-bond donors (Lipinski definition) is 1. The van der Waals surface area contributed by atoms with E-state index in [1.807, 2.05) is 45.0 Å². The maximum absolute atomic E-state index is 13.4. The van der Waals surface area contributed by atoms with Gasteiger partial charge in [0, 0.05) is 0 Å². The Morgan fingerprint density at radius 1 is 1.03 bits per heavy atom. The monoisotopic (exact) mass is 480 g/mol. The summed E-state index contributed by atoms with van der Waals surface area (Å²) in [5.41, 5.74) is 3.49. The third-order valence-corrected chi connectivity index (χ3v) is 7.39. The number of sulfonamides is 1. The van der Waals surface area contributed by atoms with Crippen molar-refractivity contribution in [2.75, 3.05) is 24.0 Å². The summed E-state index contributed by atoms with van der Waals surface area (Å²) in [6, 6.07) is 19.4. The van der Waals surface area contributed by atoms with E-state index in [0.29, 0.717) is 11.4 Å². The first-order valence-electron chi connectivity index (χ1n) is 11.1. The first kappa shape index (κ1) is 23.6. The fourth-order valence-electron chi connectivity index (χ4n) is 3.86. The summed E-state index contributed by atoms with van der Waals surface area (Å²) >= 11 is 0. The van der Waals surface area contributed by atoms with Crippen LogP contribution >= 0.6 is 0 Å². The molecule has 4 rings (SSSR count). The Bertz CT molecular complexity index is 1290. The third-order valence-electron chi connectivity index (χ3n) is 5.60. The quantitative estimate of drug-likeness (QED) is 0.521. The average molecular weight is 481 g/mol. The van der Waals surface area contributed by atoms with Crippen LogP contribution in [0, 0.1) is 20.8 Å². The lowest BCUT2D eigenvalue weighted by Gasteiger charge is -2.35. The minimum absolute atomic E-state index is 0.128. The van der Waals surface area contributed by atoms with Gasteiger partial charge in [0.1, 0.15) is 18.1 Å². The fraction of sp³-hybridized carbons (Fsp3) is 0.269. The van der Waals surface area contributed by atoms with E-state index in [9.17, 15) is 13.2 Å². The second-order valence-corrected chi connectivity index (χ2v) is 10.2. The van der Waals surface area contributed by atoms with Gasteiger partial charge in [-0.25, -0.2) is 8.42 Å². The fourth-order valence-corrected chi connectivity index (χ4v) is 5.35. The number of carbonyl (C=O) groups is 1. The van der Waals surface area contributed by atoms with E-state index in [4.69, 9.17) is 9.47 Å². The zero-order valence-electron chi connectivity index (χ0n) is 19.4. The summed E-state index contributed by atoms with van der Waals surface area (Å²) in [5.74, 6) is 0.723. The second kappa shape index (κ2) is 9.77. The van der Waals surface area contributed by atoms with Crippen LogP contribution in [0.4, 0.5) is 5.69 Å². The highest BCUT2D eigenvalue weighted by Gasteiger charge is 2.37. The molecule has 34 heavy (non-hydrogen) atoms. The highest BCUT2D eigenvalue weighted by molar-refractivity contribution is 7.92. The molecule has 0 unspecified atom stereocenters. The number of carbonyl (C=O) groups excluding carboxylic acids is 1. The lowest BCUT2D eigenvalue weighted by molar-refractivity contribution is -0.127. The van der Waals surface area contributed by atoms with Gasteiger partial charge in [0.2, 0.25) is 0 Å². The summed E-state index contributed by atoms with van der Waals surface area (Å²) < 4.78 is 39.7. The number of benzene rings is 3. The number of nitrogens with zero attached hydrogens (tertiary/aromatic N) is 1. The normalized spacial score (nSPS) is 15.3. The van der Waals surface area contributed by atoms with E-state index in [2.05, 4.69) is 5.32 Å². The van der Waals surface area contributed by atoms with Crippen LogP contribution < -0.4 is 19.1 Å². The maximum Gasteiger partial charge on any atom is 0.264 e. The van der Waals surface area contributed by atoms with Gasteiger partial charge < -0.3 is 14.8 Å². The van der Waals surface area contributed by atoms with Gasteiger partial charge in [-0.05, 0) is 62.2 Å². The second-order valence-electron chi connectivity index (χ2n) is 8.34. The lowest BCUT2D eigenvalue weighted by atomic mass is 10.1. The third kappa shape index (κ3) is 5.02. The van der Waals surface area contributed by atoms with Gasteiger partial charge in [0.15, 0.2) is 6.10 Å². The molecule has 0 saturated heterocycles. The van der Waals surface area contributed by atoms with Crippen LogP contribution in [0.15, 0.2) is 71.6 Å². The first-order valence-corrected chi connectivity index (χ1v) is 12.5. The lowest BCUT2D eigenvalue weighted by Crippen LogP contribution is -2.51. The summed E-state index contributed by atoms with van der Waals surface area (Å²) in [5, 5.41) is 2.80. The van der Waals surface area contributed by atoms with Crippen LogP contribution in [-0.2, 0) is 14.8 Å². The molecular weight excluding hydrogens is 452 g/mol. The van der Waals surface area contributed by atoms with Gasteiger partial charge in [-0.15, -0.1) is 0 Å². The van der Waals surface area contributed by atoms with E-state index >= 15 is 0 Å².